The Morgan fingerprint density at radius 2 is 1.67 bits per heavy atom. The highest BCUT2D eigenvalue weighted by Crippen LogP contribution is 2.30. The third kappa shape index (κ3) is 3.99. The third-order valence-corrected chi connectivity index (χ3v) is 4.66. The number of benzene rings is 1. The smallest absolute Gasteiger partial charge is 0.308 e. The molecule has 0 spiro atoms. The molecule has 2 atom stereocenters. The summed E-state index contributed by atoms with van der Waals surface area (Å²) in [4.78, 5) is 24.1. The van der Waals surface area contributed by atoms with Crippen LogP contribution in [0.4, 0.5) is 0 Å². The van der Waals surface area contributed by atoms with Crippen molar-refractivity contribution in [2.45, 2.75) is 45.1 Å². The van der Waals surface area contributed by atoms with Crippen LogP contribution in [0.25, 0.3) is 0 Å². The van der Waals surface area contributed by atoms with E-state index in [1.807, 2.05) is 6.92 Å². The number of nitrogens with one attached hydrogen (secondary N) is 1. The van der Waals surface area contributed by atoms with E-state index in [2.05, 4.69) is 5.32 Å². The van der Waals surface area contributed by atoms with Gasteiger partial charge in [-0.1, -0.05) is 19.3 Å². The summed E-state index contributed by atoms with van der Waals surface area (Å²) in [7, 11) is 3.07. The largest absolute Gasteiger partial charge is 0.496 e. The summed E-state index contributed by atoms with van der Waals surface area (Å²) in [6.07, 6.45) is 4.09. The zero-order valence-electron chi connectivity index (χ0n) is 14.4. The minimum atomic E-state index is -0.846. The molecular weight excluding hydrogens is 310 g/mol. The molecule has 1 aromatic rings. The second kappa shape index (κ2) is 8.04. The van der Waals surface area contributed by atoms with Gasteiger partial charge in [-0.15, -0.1) is 0 Å². The van der Waals surface area contributed by atoms with Crippen LogP contribution in [0.5, 0.6) is 11.5 Å². The second-order valence-corrected chi connectivity index (χ2v) is 6.17. The predicted molar refractivity (Wildman–Crippen MR) is 89.7 cm³/mol. The van der Waals surface area contributed by atoms with Crippen LogP contribution < -0.4 is 14.8 Å². The van der Waals surface area contributed by atoms with Gasteiger partial charge in [-0.25, -0.2) is 0 Å². The summed E-state index contributed by atoms with van der Waals surface area (Å²) < 4.78 is 10.6. The Labute approximate surface area is 142 Å². The summed E-state index contributed by atoms with van der Waals surface area (Å²) in [5, 5.41) is 12.3. The molecule has 0 aromatic heterocycles. The van der Waals surface area contributed by atoms with Crippen LogP contribution in [-0.2, 0) is 4.79 Å². The van der Waals surface area contributed by atoms with E-state index in [-0.39, 0.29) is 11.9 Å². The molecule has 1 saturated carbocycles. The van der Waals surface area contributed by atoms with Gasteiger partial charge in [-0.05, 0) is 31.9 Å². The predicted octanol–water partition coefficient (Wildman–Crippen LogP) is 2.78. The number of carboxylic acid groups (broad SMARTS) is 1. The van der Waals surface area contributed by atoms with Crippen molar-refractivity contribution < 1.29 is 24.2 Å². The summed E-state index contributed by atoms with van der Waals surface area (Å²) in [6, 6.07) is 2.95. The number of aliphatic carboxylic acids is 1. The minimum absolute atomic E-state index is 0.301. The summed E-state index contributed by atoms with van der Waals surface area (Å²) in [6.45, 7) is 1.85. The lowest BCUT2D eigenvalue weighted by Gasteiger charge is -2.23. The first-order chi connectivity index (χ1) is 11.5. The van der Waals surface area contributed by atoms with Crippen LogP contribution in [-0.4, -0.2) is 37.2 Å². The van der Waals surface area contributed by atoms with Gasteiger partial charge in [0.05, 0.1) is 20.1 Å². The molecule has 24 heavy (non-hydrogen) atoms. The Bertz CT molecular complexity index is 588. The number of carbonyl (C=O) groups is 2. The minimum Gasteiger partial charge on any atom is -0.496 e. The molecule has 0 radical (unpaired) electrons. The average Bonchev–Trinajstić information content (AvgIpc) is 2.80. The second-order valence-electron chi connectivity index (χ2n) is 6.17. The standard InChI is InChI=1S/C18H25NO5/c1-11-15(23-2)9-12(10-16(11)24-3)17(20)19-14-8-6-4-5-7-13(14)18(21)22/h9-10,13-14H,4-8H2,1-3H3,(H,19,20)(H,21,22)/t13-,14+/m1/s1. The van der Waals surface area contributed by atoms with Crippen molar-refractivity contribution in [2.75, 3.05) is 14.2 Å². The molecule has 1 aliphatic rings. The lowest BCUT2D eigenvalue weighted by atomic mass is 9.94. The molecule has 2 rings (SSSR count). The maximum absolute atomic E-state index is 12.6. The van der Waals surface area contributed by atoms with Crippen LogP contribution in [0, 0.1) is 12.8 Å². The lowest BCUT2D eigenvalue weighted by Crippen LogP contribution is -2.42. The molecular formula is C18H25NO5. The van der Waals surface area contributed by atoms with Crippen molar-refractivity contribution in [3.8, 4) is 11.5 Å². The maximum Gasteiger partial charge on any atom is 0.308 e. The third-order valence-electron chi connectivity index (χ3n) is 4.66. The van der Waals surface area contributed by atoms with E-state index in [4.69, 9.17) is 9.47 Å². The van der Waals surface area contributed by atoms with Crippen molar-refractivity contribution in [1.29, 1.82) is 0 Å². The van der Waals surface area contributed by atoms with Crippen LogP contribution in [0.15, 0.2) is 12.1 Å². The molecule has 1 aromatic carbocycles. The van der Waals surface area contributed by atoms with E-state index >= 15 is 0 Å². The SMILES string of the molecule is COc1cc(C(=O)N[C@H]2CCCCC[C@H]2C(=O)O)cc(OC)c1C. The van der Waals surface area contributed by atoms with Crippen LogP contribution >= 0.6 is 0 Å². The van der Waals surface area contributed by atoms with Gasteiger partial charge >= 0.3 is 5.97 Å². The van der Waals surface area contributed by atoms with E-state index in [0.717, 1.165) is 24.8 Å². The first-order valence-corrected chi connectivity index (χ1v) is 8.24. The lowest BCUT2D eigenvalue weighted by molar-refractivity contribution is -0.142. The molecule has 1 aliphatic carbocycles. The number of methoxy groups -OCH3 is 2. The molecule has 0 heterocycles. The van der Waals surface area contributed by atoms with Gasteiger partial charge in [0, 0.05) is 17.2 Å². The topological polar surface area (TPSA) is 84.9 Å². The van der Waals surface area contributed by atoms with Crippen molar-refractivity contribution >= 4 is 11.9 Å². The normalized spacial score (nSPS) is 20.8. The van der Waals surface area contributed by atoms with Gasteiger partial charge < -0.3 is 19.9 Å². The maximum atomic E-state index is 12.6. The summed E-state index contributed by atoms with van der Waals surface area (Å²) in [5.41, 5.74) is 1.22. The molecule has 0 aliphatic heterocycles. The van der Waals surface area contributed by atoms with Gasteiger partial charge in [-0.3, -0.25) is 9.59 Å². The van der Waals surface area contributed by atoms with Crippen molar-refractivity contribution in [2.24, 2.45) is 5.92 Å². The Hall–Kier alpha value is -2.24. The molecule has 0 unspecified atom stereocenters. The van der Waals surface area contributed by atoms with Gasteiger partial charge in [0.2, 0.25) is 0 Å². The highest BCUT2D eigenvalue weighted by molar-refractivity contribution is 5.95. The van der Waals surface area contributed by atoms with Gasteiger partial charge in [0.25, 0.3) is 5.91 Å². The number of rotatable bonds is 5. The van der Waals surface area contributed by atoms with Crippen molar-refractivity contribution in [3.63, 3.8) is 0 Å². The molecule has 6 heteroatoms. The van der Waals surface area contributed by atoms with E-state index < -0.39 is 11.9 Å². The molecule has 0 bridgehead atoms. The molecule has 0 saturated heterocycles. The van der Waals surface area contributed by atoms with Gasteiger partial charge in [0.1, 0.15) is 11.5 Å². The van der Waals surface area contributed by atoms with Crippen LogP contribution in [0.3, 0.4) is 0 Å². The zero-order chi connectivity index (χ0) is 17.7. The number of hydrogen-bond donors (Lipinski definition) is 2. The zero-order valence-corrected chi connectivity index (χ0v) is 14.4. The van der Waals surface area contributed by atoms with Crippen LogP contribution in [0.1, 0.15) is 48.0 Å². The summed E-state index contributed by atoms with van der Waals surface area (Å²) >= 11 is 0. The monoisotopic (exact) mass is 335 g/mol. The Morgan fingerprint density at radius 3 is 2.21 bits per heavy atom. The summed E-state index contributed by atoms with van der Waals surface area (Å²) in [5.74, 6) is -0.554. The fraction of sp³-hybridized carbons (Fsp3) is 0.556. The molecule has 2 N–H and O–H groups in total. The van der Waals surface area contributed by atoms with Crippen LogP contribution in [0.2, 0.25) is 0 Å². The van der Waals surface area contributed by atoms with E-state index in [1.165, 1.54) is 14.2 Å². The number of carbonyl (C=O) groups excluding carboxylic acids is 1. The molecule has 1 fully saturated rings. The van der Waals surface area contributed by atoms with E-state index in [1.54, 1.807) is 12.1 Å². The molecule has 132 valence electrons. The molecule has 6 nitrogen and oxygen atoms in total. The Kier molecular flexibility index (Phi) is 6.06. The first-order valence-electron chi connectivity index (χ1n) is 8.24. The number of ether oxygens (including phenoxy) is 2. The number of carboxylic acids is 1. The average molecular weight is 335 g/mol. The van der Waals surface area contributed by atoms with Crippen molar-refractivity contribution in [1.82, 2.24) is 5.32 Å². The van der Waals surface area contributed by atoms with E-state index in [9.17, 15) is 14.7 Å². The number of hydrogen-bond acceptors (Lipinski definition) is 4. The van der Waals surface area contributed by atoms with Gasteiger partial charge in [-0.2, -0.15) is 0 Å². The highest BCUT2D eigenvalue weighted by Gasteiger charge is 2.31. The number of amides is 1. The fourth-order valence-electron chi connectivity index (χ4n) is 3.24. The first kappa shape index (κ1) is 18.1. The van der Waals surface area contributed by atoms with E-state index in [0.29, 0.717) is 29.9 Å². The van der Waals surface area contributed by atoms with Gasteiger partial charge in [0.15, 0.2) is 0 Å². The quantitative estimate of drug-likeness (QED) is 0.808. The Balaban J connectivity index is 2.23. The molecule has 1 amide bonds. The highest BCUT2D eigenvalue weighted by atomic mass is 16.5. The van der Waals surface area contributed by atoms with Crippen molar-refractivity contribution in [3.05, 3.63) is 23.3 Å². The fourth-order valence-corrected chi connectivity index (χ4v) is 3.24. The Morgan fingerprint density at radius 1 is 1.08 bits per heavy atom.